The molecule has 0 aromatic carbocycles. The molecule has 23 heavy (non-hydrogen) atoms. The van der Waals surface area contributed by atoms with Crippen LogP contribution in [0.1, 0.15) is 65.7 Å². The summed E-state index contributed by atoms with van der Waals surface area (Å²) in [7, 11) is 0. The van der Waals surface area contributed by atoms with Crippen LogP contribution < -0.4 is 0 Å². The van der Waals surface area contributed by atoms with E-state index in [9.17, 15) is 9.59 Å². The van der Waals surface area contributed by atoms with Crippen LogP contribution >= 0.6 is 0 Å². The highest BCUT2D eigenvalue weighted by Gasteiger charge is 2.64. The van der Waals surface area contributed by atoms with E-state index >= 15 is 0 Å². The summed E-state index contributed by atoms with van der Waals surface area (Å²) in [5, 5.41) is 0. The first-order valence-corrected chi connectivity index (χ1v) is 9.10. The monoisotopic (exact) mass is 318 g/mol. The minimum atomic E-state index is -0.0599. The number of hydrogen-bond donors (Lipinski definition) is 0. The molecule has 0 aromatic heterocycles. The Hall–Kier alpha value is -0.960. The summed E-state index contributed by atoms with van der Waals surface area (Å²) in [6, 6.07) is 0. The molecule has 0 aromatic rings. The van der Waals surface area contributed by atoms with Gasteiger partial charge < -0.3 is 9.53 Å². The maximum Gasteiger partial charge on any atom is 0.146 e. The molecule has 3 nitrogen and oxygen atoms in total. The fourth-order valence-corrected chi connectivity index (χ4v) is 6.08. The Balaban J connectivity index is 1.91. The summed E-state index contributed by atoms with van der Waals surface area (Å²) in [6.45, 7) is 7.99. The molecule has 1 heterocycles. The molecule has 1 spiro atoms. The first kappa shape index (κ1) is 16.9. The third-order valence-electron chi connectivity index (χ3n) is 7.22. The second-order valence-corrected chi connectivity index (χ2v) is 8.82. The van der Waals surface area contributed by atoms with Gasteiger partial charge in [0.15, 0.2) is 0 Å². The number of hydrogen-bond acceptors (Lipinski definition) is 3. The van der Waals surface area contributed by atoms with Crippen molar-refractivity contribution in [2.24, 2.45) is 22.7 Å². The molecule has 0 unspecified atom stereocenters. The summed E-state index contributed by atoms with van der Waals surface area (Å²) >= 11 is 0. The lowest BCUT2D eigenvalue weighted by molar-refractivity contribution is -0.109. The second kappa shape index (κ2) is 5.84. The molecule has 0 radical (unpaired) electrons. The van der Waals surface area contributed by atoms with Gasteiger partial charge in [0, 0.05) is 11.8 Å². The molecule has 2 aliphatic carbocycles. The van der Waals surface area contributed by atoms with Gasteiger partial charge >= 0.3 is 0 Å². The molecule has 0 N–H and O–H groups in total. The van der Waals surface area contributed by atoms with Crippen LogP contribution in [-0.4, -0.2) is 24.8 Å². The first-order valence-electron chi connectivity index (χ1n) is 9.10. The highest BCUT2D eigenvalue weighted by Crippen LogP contribution is 2.67. The van der Waals surface area contributed by atoms with Gasteiger partial charge in [0.1, 0.15) is 12.6 Å². The third-order valence-corrected chi connectivity index (χ3v) is 7.22. The predicted molar refractivity (Wildman–Crippen MR) is 90.1 cm³/mol. The highest BCUT2D eigenvalue weighted by atomic mass is 16.5. The zero-order valence-electron chi connectivity index (χ0n) is 14.8. The Morgan fingerprint density at radius 3 is 2.65 bits per heavy atom. The summed E-state index contributed by atoms with van der Waals surface area (Å²) in [4.78, 5) is 21.9. The van der Waals surface area contributed by atoms with Crippen molar-refractivity contribution in [1.29, 1.82) is 0 Å². The average molecular weight is 318 g/mol. The number of ether oxygens (including phenoxy) is 1. The Morgan fingerprint density at radius 1 is 1.17 bits per heavy atom. The summed E-state index contributed by atoms with van der Waals surface area (Å²) in [5.41, 5.74) is 1.21. The normalized spacial score (nSPS) is 42.1. The van der Waals surface area contributed by atoms with E-state index in [0.29, 0.717) is 22.8 Å². The van der Waals surface area contributed by atoms with Crippen molar-refractivity contribution in [2.75, 3.05) is 6.61 Å². The van der Waals surface area contributed by atoms with Crippen LogP contribution in [0, 0.1) is 22.7 Å². The summed E-state index contributed by atoms with van der Waals surface area (Å²) in [5.74, 6) is 1.18. The maximum atomic E-state index is 11.2. The molecule has 2 bridgehead atoms. The number of allylic oxidation sites excluding steroid dienone is 2. The van der Waals surface area contributed by atoms with Gasteiger partial charge in [-0.25, -0.2) is 0 Å². The molecule has 1 aliphatic heterocycles. The maximum absolute atomic E-state index is 11.2. The second-order valence-electron chi connectivity index (χ2n) is 8.82. The fourth-order valence-electron chi connectivity index (χ4n) is 6.08. The van der Waals surface area contributed by atoms with Gasteiger partial charge in [-0.15, -0.1) is 0 Å². The van der Waals surface area contributed by atoms with E-state index in [2.05, 4.69) is 20.8 Å². The SMILES string of the molecule is CC1(C)CCC[C@@]23CO[C@](C)(CC[C@@H]12)[C@@H]3C/C=C(/C=O)CC=O. The van der Waals surface area contributed by atoms with E-state index in [1.54, 1.807) is 0 Å². The highest BCUT2D eigenvalue weighted by molar-refractivity contribution is 5.78. The Kier molecular flexibility index (Phi) is 4.29. The lowest BCUT2D eigenvalue weighted by Gasteiger charge is -2.57. The largest absolute Gasteiger partial charge is 0.374 e. The van der Waals surface area contributed by atoms with Crippen LogP contribution in [0.4, 0.5) is 0 Å². The lowest BCUT2D eigenvalue weighted by atomic mass is 9.46. The Morgan fingerprint density at radius 2 is 1.96 bits per heavy atom. The van der Waals surface area contributed by atoms with Crippen molar-refractivity contribution in [3.8, 4) is 0 Å². The molecule has 3 rings (SSSR count). The lowest BCUT2D eigenvalue weighted by Crippen LogP contribution is -2.54. The van der Waals surface area contributed by atoms with Crippen molar-refractivity contribution in [2.45, 2.75) is 71.3 Å². The summed E-state index contributed by atoms with van der Waals surface area (Å²) < 4.78 is 6.37. The molecule has 2 saturated carbocycles. The minimum absolute atomic E-state index is 0.0599. The van der Waals surface area contributed by atoms with Gasteiger partial charge in [-0.3, -0.25) is 4.79 Å². The van der Waals surface area contributed by atoms with E-state index in [0.717, 1.165) is 32.0 Å². The Labute approximate surface area is 139 Å². The van der Waals surface area contributed by atoms with E-state index in [1.807, 2.05) is 6.08 Å². The van der Waals surface area contributed by atoms with Crippen LogP contribution in [0.2, 0.25) is 0 Å². The molecule has 0 amide bonds. The van der Waals surface area contributed by atoms with Crippen LogP contribution in [0.3, 0.4) is 0 Å². The Bertz CT molecular complexity index is 521. The van der Waals surface area contributed by atoms with Crippen molar-refractivity contribution in [3.05, 3.63) is 11.6 Å². The van der Waals surface area contributed by atoms with Crippen LogP contribution in [0.5, 0.6) is 0 Å². The van der Waals surface area contributed by atoms with Gasteiger partial charge in [-0.1, -0.05) is 26.3 Å². The number of fused-ring (bicyclic) bond motifs is 1. The molecule has 128 valence electrons. The van der Waals surface area contributed by atoms with E-state index in [4.69, 9.17) is 4.74 Å². The summed E-state index contributed by atoms with van der Waals surface area (Å²) in [6.07, 6.45) is 11.0. The molecule has 4 atom stereocenters. The zero-order chi connectivity index (χ0) is 16.7. The van der Waals surface area contributed by atoms with E-state index < -0.39 is 0 Å². The van der Waals surface area contributed by atoms with Gasteiger partial charge in [-0.05, 0) is 61.9 Å². The van der Waals surface area contributed by atoms with Gasteiger partial charge in [0.2, 0.25) is 0 Å². The van der Waals surface area contributed by atoms with Crippen LogP contribution in [0.25, 0.3) is 0 Å². The third kappa shape index (κ3) is 2.61. The smallest absolute Gasteiger partial charge is 0.146 e. The standard InChI is InChI=1S/C20H30O3/c1-18(2)9-4-10-20-14-23-19(3,11-7-16(18)20)17(20)6-5-15(13-22)8-12-21/h5,12-13,16-17H,4,6-11,14H2,1-3H3/b15-5+/t16-,17-,19+,20+/m0/s1. The van der Waals surface area contributed by atoms with Crippen molar-refractivity contribution in [1.82, 2.24) is 0 Å². The van der Waals surface area contributed by atoms with Gasteiger partial charge in [-0.2, -0.15) is 0 Å². The topological polar surface area (TPSA) is 43.4 Å². The van der Waals surface area contributed by atoms with E-state index in [1.165, 1.54) is 25.7 Å². The molecular formula is C20H30O3. The van der Waals surface area contributed by atoms with Crippen molar-refractivity contribution >= 4 is 12.6 Å². The van der Waals surface area contributed by atoms with Crippen molar-refractivity contribution in [3.63, 3.8) is 0 Å². The number of carbonyl (C=O) groups is 2. The minimum Gasteiger partial charge on any atom is -0.374 e. The number of rotatable bonds is 5. The van der Waals surface area contributed by atoms with Gasteiger partial charge in [0.25, 0.3) is 0 Å². The number of aldehydes is 2. The molecule has 3 aliphatic rings. The number of carbonyl (C=O) groups excluding carboxylic acids is 2. The van der Waals surface area contributed by atoms with E-state index in [-0.39, 0.29) is 17.4 Å². The molecule has 3 fully saturated rings. The zero-order valence-corrected chi connectivity index (χ0v) is 14.8. The quantitative estimate of drug-likeness (QED) is 0.566. The van der Waals surface area contributed by atoms with Crippen LogP contribution in [-0.2, 0) is 14.3 Å². The molecule has 3 heteroatoms. The fraction of sp³-hybridized carbons (Fsp3) is 0.800. The molecule has 1 saturated heterocycles. The van der Waals surface area contributed by atoms with Crippen LogP contribution in [0.15, 0.2) is 11.6 Å². The predicted octanol–water partition coefficient (Wildman–Crippen LogP) is 4.10. The van der Waals surface area contributed by atoms with Gasteiger partial charge in [0.05, 0.1) is 12.2 Å². The average Bonchev–Trinajstić information content (AvgIpc) is 2.65. The molecular weight excluding hydrogens is 288 g/mol. The van der Waals surface area contributed by atoms with Crippen molar-refractivity contribution < 1.29 is 14.3 Å². The first-order chi connectivity index (χ1) is 10.9.